The van der Waals surface area contributed by atoms with Crippen LogP contribution < -0.4 is 10.7 Å². The van der Waals surface area contributed by atoms with E-state index in [0.29, 0.717) is 6.04 Å². The van der Waals surface area contributed by atoms with Crippen LogP contribution in [0, 0.1) is 26.7 Å². The molecule has 192 valence electrons. The van der Waals surface area contributed by atoms with E-state index in [0.717, 1.165) is 86.8 Å². The zero-order valence-electron chi connectivity index (χ0n) is 22.0. The van der Waals surface area contributed by atoms with Gasteiger partial charge < -0.3 is 14.8 Å². The summed E-state index contributed by atoms with van der Waals surface area (Å²) in [6.07, 6.45) is 3.92. The van der Waals surface area contributed by atoms with Crippen LogP contribution in [-0.4, -0.2) is 69.6 Å². The Kier molecular flexibility index (Phi) is 7.25. The second kappa shape index (κ2) is 10.6. The lowest BCUT2D eigenvalue weighted by Crippen LogP contribution is -2.54. The highest BCUT2D eigenvalue weighted by molar-refractivity contribution is 5.78. The Labute approximate surface area is 214 Å². The average Bonchev–Trinajstić information content (AvgIpc) is 3.17. The molecule has 2 fully saturated rings. The summed E-state index contributed by atoms with van der Waals surface area (Å²) in [4.78, 5) is 24.5. The maximum Gasteiger partial charge on any atom is 0.237 e. The number of likely N-dealkylation sites (N-methyl/N-ethyl adjacent to an activating group) is 1. The van der Waals surface area contributed by atoms with Crippen LogP contribution in [0.15, 0.2) is 30.3 Å². The number of hydrogen-bond donors (Lipinski definition) is 2. The number of nitrogens with zero attached hydrogens (tertiary/aromatic N) is 5. The molecular formula is C28H39N7O. The minimum absolute atomic E-state index is 0.124. The minimum Gasteiger partial charge on any atom is -0.382 e. The molecule has 1 aromatic carbocycles. The molecule has 1 saturated heterocycles. The first-order chi connectivity index (χ1) is 17.4. The molecular weight excluding hydrogens is 450 g/mol. The van der Waals surface area contributed by atoms with Gasteiger partial charge in [0.1, 0.15) is 11.3 Å². The number of piperazine rings is 1. The predicted octanol–water partition coefficient (Wildman–Crippen LogP) is 3.65. The lowest BCUT2D eigenvalue weighted by molar-refractivity contribution is -0.131. The molecule has 0 bridgehead atoms. The molecule has 0 radical (unpaired) electrons. The van der Waals surface area contributed by atoms with E-state index in [1.165, 1.54) is 11.1 Å². The fraction of sp³-hybridized carbons (Fsp3) is 0.536. The van der Waals surface area contributed by atoms with Gasteiger partial charge in [-0.3, -0.25) is 10.2 Å². The van der Waals surface area contributed by atoms with E-state index in [1.807, 2.05) is 13.8 Å². The summed E-state index contributed by atoms with van der Waals surface area (Å²) >= 11 is 0. The third-order valence-corrected chi connectivity index (χ3v) is 7.75. The molecule has 2 aromatic heterocycles. The number of nitrogens with one attached hydrogen (secondary N) is 2. The molecule has 8 nitrogen and oxygen atoms in total. The van der Waals surface area contributed by atoms with Crippen LogP contribution >= 0.6 is 0 Å². The van der Waals surface area contributed by atoms with Crippen LogP contribution in [0.25, 0.3) is 11.2 Å². The fourth-order valence-corrected chi connectivity index (χ4v) is 5.49. The minimum atomic E-state index is 0.124. The standard InChI is InChI=1S/C28H39N7O/c1-19-17-20(2)29-27-26(19)30-21(3)35(27)18-22-5-9-24(10-6-22)31-25-11-7-23(8-12-25)28(36)32-34-15-13-33(4)14-16-34/h5-6,9-10,17,23,25,31H,7-8,11-16,18H2,1-4H3,(H,32,36). The Hall–Kier alpha value is -2.97. The molecule has 36 heavy (non-hydrogen) atoms. The lowest BCUT2D eigenvalue weighted by Gasteiger charge is -2.35. The first-order valence-corrected chi connectivity index (χ1v) is 13.3. The van der Waals surface area contributed by atoms with Crippen LogP contribution in [0.1, 0.15) is 48.3 Å². The molecule has 1 aliphatic heterocycles. The summed E-state index contributed by atoms with van der Waals surface area (Å²) in [5, 5.41) is 5.77. The molecule has 1 aliphatic carbocycles. The molecule has 1 saturated carbocycles. The Morgan fingerprint density at radius 1 is 0.972 bits per heavy atom. The smallest absolute Gasteiger partial charge is 0.237 e. The zero-order valence-corrected chi connectivity index (χ0v) is 22.0. The predicted molar refractivity (Wildman–Crippen MR) is 144 cm³/mol. The highest BCUT2D eigenvalue weighted by Gasteiger charge is 2.28. The van der Waals surface area contributed by atoms with Gasteiger partial charge in [0.2, 0.25) is 5.91 Å². The van der Waals surface area contributed by atoms with E-state index in [-0.39, 0.29) is 11.8 Å². The largest absolute Gasteiger partial charge is 0.382 e. The number of hydrogen-bond acceptors (Lipinski definition) is 6. The second-order valence-corrected chi connectivity index (χ2v) is 10.7. The molecule has 0 spiro atoms. The third kappa shape index (κ3) is 5.55. The second-order valence-electron chi connectivity index (χ2n) is 10.7. The van der Waals surface area contributed by atoms with Crippen molar-refractivity contribution in [3.8, 4) is 0 Å². The van der Waals surface area contributed by atoms with E-state index < -0.39 is 0 Å². The molecule has 8 heteroatoms. The van der Waals surface area contributed by atoms with Gasteiger partial charge in [0.15, 0.2) is 5.65 Å². The van der Waals surface area contributed by atoms with Gasteiger partial charge in [-0.05, 0) is 82.8 Å². The summed E-state index contributed by atoms with van der Waals surface area (Å²) in [7, 11) is 2.13. The van der Waals surface area contributed by atoms with Gasteiger partial charge >= 0.3 is 0 Å². The average molecular weight is 490 g/mol. The number of aryl methyl sites for hydroxylation is 3. The molecule has 0 unspecified atom stereocenters. The Bertz CT molecular complexity index is 1200. The molecule has 1 amide bonds. The number of carbonyl (C=O) groups excluding carboxylic acids is 1. The van der Waals surface area contributed by atoms with Crippen LogP contribution in [0.3, 0.4) is 0 Å². The number of pyridine rings is 1. The quantitative estimate of drug-likeness (QED) is 0.550. The monoisotopic (exact) mass is 489 g/mol. The topological polar surface area (TPSA) is 78.3 Å². The summed E-state index contributed by atoms with van der Waals surface area (Å²) < 4.78 is 2.20. The summed E-state index contributed by atoms with van der Waals surface area (Å²) in [5.74, 6) is 1.31. The first-order valence-electron chi connectivity index (χ1n) is 13.3. The van der Waals surface area contributed by atoms with Crippen molar-refractivity contribution >= 4 is 22.8 Å². The maximum absolute atomic E-state index is 12.7. The number of carbonyl (C=O) groups is 1. The third-order valence-electron chi connectivity index (χ3n) is 7.75. The molecule has 2 aliphatic rings. The lowest BCUT2D eigenvalue weighted by atomic mass is 9.85. The summed E-state index contributed by atoms with van der Waals surface area (Å²) in [6.45, 7) is 10.8. The SMILES string of the molecule is Cc1cc(C)c2nc(C)n(Cc3ccc(NC4CCC(C(=O)NN5CCN(C)CC5)CC4)cc3)c2n1. The number of hydrazine groups is 1. The van der Waals surface area contributed by atoms with E-state index in [2.05, 4.69) is 69.5 Å². The molecule has 5 rings (SSSR count). The fourth-order valence-electron chi connectivity index (χ4n) is 5.49. The van der Waals surface area contributed by atoms with Crippen LogP contribution in [0.5, 0.6) is 0 Å². The first kappa shape index (κ1) is 24.7. The Morgan fingerprint density at radius 3 is 2.36 bits per heavy atom. The maximum atomic E-state index is 12.7. The van der Waals surface area contributed by atoms with Crippen molar-refractivity contribution in [1.82, 2.24) is 29.9 Å². The van der Waals surface area contributed by atoms with Crippen molar-refractivity contribution in [3.63, 3.8) is 0 Å². The van der Waals surface area contributed by atoms with Crippen molar-refractivity contribution in [3.05, 3.63) is 53.0 Å². The zero-order chi connectivity index (χ0) is 25.2. The number of benzene rings is 1. The van der Waals surface area contributed by atoms with Gasteiger partial charge in [0.05, 0.1) is 6.54 Å². The summed E-state index contributed by atoms with van der Waals surface area (Å²) in [5.41, 5.74) is 9.67. The number of anilines is 1. The van der Waals surface area contributed by atoms with Gasteiger partial charge in [-0.1, -0.05) is 12.1 Å². The Morgan fingerprint density at radius 2 is 1.67 bits per heavy atom. The highest BCUT2D eigenvalue weighted by Crippen LogP contribution is 2.27. The number of rotatable bonds is 6. The molecule has 3 heterocycles. The van der Waals surface area contributed by atoms with E-state index in [4.69, 9.17) is 9.97 Å². The number of imidazole rings is 1. The Balaban J connectivity index is 1.13. The highest BCUT2D eigenvalue weighted by atomic mass is 16.2. The number of fused-ring (bicyclic) bond motifs is 1. The molecule has 0 atom stereocenters. The summed E-state index contributed by atoms with van der Waals surface area (Å²) in [6, 6.07) is 11.2. The number of aromatic nitrogens is 3. The van der Waals surface area contributed by atoms with Crippen LogP contribution in [-0.2, 0) is 11.3 Å². The van der Waals surface area contributed by atoms with Gasteiger partial charge in [-0.25, -0.2) is 15.0 Å². The molecule has 3 aromatic rings. The number of amides is 1. The normalized spacial score (nSPS) is 21.6. The van der Waals surface area contributed by atoms with Crippen molar-refractivity contribution in [1.29, 1.82) is 0 Å². The van der Waals surface area contributed by atoms with Crippen LogP contribution in [0.4, 0.5) is 5.69 Å². The van der Waals surface area contributed by atoms with E-state index >= 15 is 0 Å². The van der Waals surface area contributed by atoms with Crippen molar-refractivity contribution in [2.45, 2.75) is 59.0 Å². The van der Waals surface area contributed by atoms with Crippen molar-refractivity contribution < 1.29 is 4.79 Å². The van der Waals surface area contributed by atoms with Crippen molar-refractivity contribution in [2.75, 3.05) is 38.5 Å². The van der Waals surface area contributed by atoms with Gasteiger partial charge in [-0.2, -0.15) is 0 Å². The van der Waals surface area contributed by atoms with Gasteiger partial charge in [0.25, 0.3) is 0 Å². The van der Waals surface area contributed by atoms with Crippen LogP contribution in [0.2, 0.25) is 0 Å². The van der Waals surface area contributed by atoms with Gasteiger partial charge in [-0.15, -0.1) is 0 Å². The molecule has 2 N–H and O–H groups in total. The van der Waals surface area contributed by atoms with E-state index in [1.54, 1.807) is 0 Å². The van der Waals surface area contributed by atoms with Gasteiger partial charge in [0, 0.05) is 49.5 Å². The van der Waals surface area contributed by atoms with E-state index in [9.17, 15) is 4.79 Å². The van der Waals surface area contributed by atoms with Crippen molar-refractivity contribution in [2.24, 2.45) is 5.92 Å².